The first kappa shape index (κ1) is 14.4. The molecule has 1 N–H and O–H groups in total. The zero-order valence-corrected chi connectivity index (χ0v) is 12.7. The van der Waals surface area contributed by atoms with Crippen molar-refractivity contribution in [2.75, 3.05) is 7.11 Å². The average Bonchev–Trinajstić information content (AvgIpc) is 2.38. The number of benzene rings is 1. The second-order valence-electron chi connectivity index (χ2n) is 6.20. The first-order chi connectivity index (χ1) is 9.10. The molecule has 0 bridgehead atoms. The lowest BCUT2D eigenvalue weighted by Crippen LogP contribution is -2.38. The largest absolute Gasteiger partial charge is 0.496 e. The van der Waals surface area contributed by atoms with Gasteiger partial charge in [-0.15, -0.1) is 0 Å². The summed E-state index contributed by atoms with van der Waals surface area (Å²) in [6.45, 7) is 7.79. The van der Waals surface area contributed by atoms with Crippen LogP contribution in [0.2, 0.25) is 0 Å². The van der Waals surface area contributed by atoms with Crippen LogP contribution in [0.1, 0.15) is 44.2 Å². The molecule has 1 aliphatic rings. The molecule has 1 aromatic carbocycles. The normalized spacial score (nSPS) is 27.3. The van der Waals surface area contributed by atoms with Crippen LogP contribution in [0.4, 0.5) is 0 Å². The quantitative estimate of drug-likeness (QED) is 0.887. The Morgan fingerprint density at radius 3 is 2.74 bits per heavy atom. The van der Waals surface area contributed by atoms with E-state index in [1.807, 2.05) is 0 Å². The van der Waals surface area contributed by atoms with Gasteiger partial charge in [-0.3, -0.25) is 0 Å². The van der Waals surface area contributed by atoms with E-state index >= 15 is 0 Å². The van der Waals surface area contributed by atoms with Gasteiger partial charge in [0.2, 0.25) is 0 Å². The number of nitrogens with one attached hydrogen (secondary N) is 1. The number of ether oxygens (including phenoxy) is 1. The smallest absolute Gasteiger partial charge is 0.123 e. The summed E-state index contributed by atoms with van der Waals surface area (Å²) >= 11 is 0. The minimum absolute atomic E-state index is 0.654. The summed E-state index contributed by atoms with van der Waals surface area (Å²) in [5.41, 5.74) is 2.57. The van der Waals surface area contributed by atoms with Crippen molar-refractivity contribution in [1.29, 1.82) is 0 Å². The Morgan fingerprint density at radius 2 is 2.05 bits per heavy atom. The van der Waals surface area contributed by atoms with E-state index in [2.05, 4.69) is 44.3 Å². The summed E-state index contributed by atoms with van der Waals surface area (Å²) in [5.74, 6) is 2.66. The lowest BCUT2D eigenvalue weighted by Gasteiger charge is -2.33. The molecule has 2 heteroatoms. The van der Waals surface area contributed by atoms with Crippen LogP contribution in [-0.4, -0.2) is 13.2 Å². The summed E-state index contributed by atoms with van der Waals surface area (Å²) in [4.78, 5) is 0. The Hall–Kier alpha value is -1.02. The lowest BCUT2D eigenvalue weighted by molar-refractivity contribution is 0.226. The van der Waals surface area contributed by atoms with Crippen LogP contribution >= 0.6 is 0 Å². The molecular formula is C17H27NO. The fourth-order valence-electron chi connectivity index (χ4n) is 3.26. The maximum atomic E-state index is 5.44. The highest BCUT2D eigenvalue weighted by molar-refractivity contribution is 5.36. The third-order valence-electron chi connectivity index (χ3n) is 4.42. The zero-order valence-electron chi connectivity index (χ0n) is 12.7. The Bertz CT molecular complexity index is 416. The van der Waals surface area contributed by atoms with Crippen LogP contribution in [0.25, 0.3) is 0 Å². The molecule has 0 aromatic heterocycles. The SMILES string of the molecule is COc1ccc(C)cc1CNC1CCC(C)CC1C. The minimum atomic E-state index is 0.654. The Labute approximate surface area is 117 Å². The molecule has 0 aliphatic heterocycles. The van der Waals surface area contributed by atoms with Gasteiger partial charge in [0.15, 0.2) is 0 Å². The first-order valence-electron chi connectivity index (χ1n) is 7.47. The molecule has 106 valence electrons. The number of hydrogen-bond acceptors (Lipinski definition) is 2. The van der Waals surface area contributed by atoms with Crippen molar-refractivity contribution in [2.45, 2.75) is 52.6 Å². The van der Waals surface area contributed by atoms with Gasteiger partial charge in [-0.05, 0) is 44.1 Å². The highest BCUT2D eigenvalue weighted by Crippen LogP contribution is 2.29. The van der Waals surface area contributed by atoms with Crippen molar-refractivity contribution in [3.63, 3.8) is 0 Å². The van der Waals surface area contributed by atoms with Gasteiger partial charge in [0, 0.05) is 18.2 Å². The van der Waals surface area contributed by atoms with Gasteiger partial charge in [0.05, 0.1) is 7.11 Å². The van der Waals surface area contributed by atoms with Gasteiger partial charge in [0.1, 0.15) is 5.75 Å². The van der Waals surface area contributed by atoms with Crippen LogP contribution in [0.5, 0.6) is 5.75 Å². The zero-order chi connectivity index (χ0) is 13.8. The van der Waals surface area contributed by atoms with Crippen LogP contribution < -0.4 is 10.1 Å². The maximum Gasteiger partial charge on any atom is 0.123 e. The Kier molecular flexibility index (Phi) is 4.87. The van der Waals surface area contributed by atoms with E-state index in [4.69, 9.17) is 4.74 Å². The van der Waals surface area contributed by atoms with E-state index in [0.717, 1.165) is 24.1 Å². The van der Waals surface area contributed by atoms with Gasteiger partial charge in [-0.2, -0.15) is 0 Å². The summed E-state index contributed by atoms with van der Waals surface area (Å²) in [6, 6.07) is 7.05. The third-order valence-corrected chi connectivity index (χ3v) is 4.42. The van der Waals surface area contributed by atoms with Crippen LogP contribution in [-0.2, 0) is 6.54 Å². The molecule has 0 saturated heterocycles. The topological polar surface area (TPSA) is 21.3 Å². The van der Waals surface area contributed by atoms with Crippen molar-refractivity contribution < 1.29 is 4.74 Å². The third kappa shape index (κ3) is 3.73. The van der Waals surface area contributed by atoms with E-state index in [9.17, 15) is 0 Å². The van der Waals surface area contributed by atoms with E-state index < -0.39 is 0 Å². The molecule has 19 heavy (non-hydrogen) atoms. The Balaban J connectivity index is 1.96. The second kappa shape index (κ2) is 6.42. The van der Waals surface area contributed by atoms with Gasteiger partial charge < -0.3 is 10.1 Å². The summed E-state index contributed by atoms with van der Waals surface area (Å²) in [6.07, 6.45) is 4.01. The lowest BCUT2D eigenvalue weighted by atomic mass is 9.80. The second-order valence-corrected chi connectivity index (χ2v) is 6.20. The van der Waals surface area contributed by atoms with E-state index in [1.54, 1.807) is 7.11 Å². The fraction of sp³-hybridized carbons (Fsp3) is 0.647. The van der Waals surface area contributed by atoms with Crippen molar-refractivity contribution in [3.05, 3.63) is 29.3 Å². The minimum Gasteiger partial charge on any atom is -0.496 e. The van der Waals surface area contributed by atoms with Crippen molar-refractivity contribution in [3.8, 4) is 5.75 Å². The van der Waals surface area contributed by atoms with Crippen LogP contribution in [0.3, 0.4) is 0 Å². The van der Waals surface area contributed by atoms with E-state index in [1.165, 1.54) is 30.4 Å². The fourth-order valence-corrected chi connectivity index (χ4v) is 3.26. The van der Waals surface area contributed by atoms with Crippen molar-refractivity contribution >= 4 is 0 Å². The molecule has 2 rings (SSSR count). The standard InChI is InChI=1S/C17H27NO/c1-12-5-7-16(14(3)9-12)18-11-15-10-13(2)6-8-17(15)19-4/h6,8,10,12,14,16,18H,5,7,9,11H2,1-4H3. The predicted octanol–water partition coefficient (Wildman–Crippen LogP) is 3.92. The molecule has 3 unspecified atom stereocenters. The first-order valence-corrected chi connectivity index (χ1v) is 7.47. The number of aryl methyl sites for hydroxylation is 1. The molecule has 1 aliphatic carbocycles. The summed E-state index contributed by atoms with van der Waals surface area (Å²) in [5, 5.41) is 3.73. The van der Waals surface area contributed by atoms with Crippen LogP contribution in [0, 0.1) is 18.8 Å². The number of hydrogen-bond donors (Lipinski definition) is 1. The van der Waals surface area contributed by atoms with E-state index in [0.29, 0.717) is 6.04 Å². The number of methoxy groups -OCH3 is 1. The monoisotopic (exact) mass is 261 g/mol. The summed E-state index contributed by atoms with van der Waals surface area (Å²) in [7, 11) is 1.75. The maximum absolute atomic E-state index is 5.44. The molecule has 2 nitrogen and oxygen atoms in total. The predicted molar refractivity (Wildman–Crippen MR) is 80.5 cm³/mol. The average molecular weight is 261 g/mol. The molecular weight excluding hydrogens is 234 g/mol. The molecule has 1 fully saturated rings. The molecule has 0 spiro atoms. The molecule has 0 amide bonds. The van der Waals surface area contributed by atoms with Gasteiger partial charge in [-0.25, -0.2) is 0 Å². The Morgan fingerprint density at radius 1 is 1.26 bits per heavy atom. The summed E-state index contributed by atoms with van der Waals surface area (Å²) < 4.78 is 5.44. The van der Waals surface area contributed by atoms with Crippen molar-refractivity contribution in [2.24, 2.45) is 11.8 Å². The molecule has 1 aromatic rings. The van der Waals surface area contributed by atoms with Crippen LogP contribution in [0.15, 0.2) is 18.2 Å². The number of rotatable bonds is 4. The highest BCUT2D eigenvalue weighted by Gasteiger charge is 2.24. The van der Waals surface area contributed by atoms with Crippen molar-refractivity contribution in [1.82, 2.24) is 5.32 Å². The van der Waals surface area contributed by atoms with E-state index in [-0.39, 0.29) is 0 Å². The van der Waals surface area contributed by atoms with Gasteiger partial charge in [0.25, 0.3) is 0 Å². The molecule has 1 saturated carbocycles. The molecule has 0 radical (unpaired) electrons. The highest BCUT2D eigenvalue weighted by atomic mass is 16.5. The van der Waals surface area contributed by atoms with Gasteiger partial charge in [-0.1, -0.05) is 31.5 Å². The van der Waals surface area contributed by atoms with Gasteiger partial charge >= 0.3 is 0 Å². The molecule has 3 atom stereocenters. The molecule has 0 heterocycles.